The van der Waals surface area contributed by atoms with Gasteiger partial charge in [0.05, 0.1) is 22.2 Å². The second-order valence-corrected chi connectivity index (χ2v) is 9.10. The van der Waals surface area contributed by atoms with Gasteiger partial charge in [-0.15, -0.1) is 0 Å². The van der Waals surface area contributed by atoms with Crippen LogP contribution < -0.4 is 4.90 Å². The van der Waals surface area contributed by atoms with Gasteiger partial charge in [-0.2, -0.15) is 0 Å². The predicted molar refractivity (Wildman–Crippen MR) is 121 cm³/mol. The van der Waals surface area contributed by atoms with Crippen molar-refractivity contribution in [1.29, 1.82) is 0 Å². The molecule has 4 rings (SSSR count). The number of hydrogen-bond donors (Lipinski definition) is 0. The molecule has 1 fully saturated rings. The maximum Gasteiger partial charge on any atom is 0.267 e. The van der Waals surface area contributed by atoms with E-state index in [1.54, 1.807) is 9.80 Å². The quantitative estimate of drug-likeness (QED) is 0.457. The van der Waals surface area contributed by atoms with E-state index in [1.165, 1.54) is 11.8 Å². The standard InChI is InChI=1S/C21H17BrN2O2S2/c1-3-23-16-10-9-14(22)11-15(16)17(19(23)25)18-20(26)24(21(27)28-18)12(2)13-7-5-4-6-8-13/h4-12H,3H2,1-2H3. The molecule has 0 radical (unpaired) electrons. The number of rotatable bonds is 3. The zero-order valence-electron chi connectivity index (χ0n) is 15.3. The normalized spacial score (nSPS) is 20.2. The maximum atomic E-state index is 13.3. The summed E-state index contributed by atoms with van der Waals surface area (Å²) in [5, 5.41) is 0. The summed E-state index contributed by atoms with van der Waals surface area (Å²) in [7, 11) is 0. The third-order valence-corrected chi connectivity index (χ3v) is 6.88. The number of thiocarbonyl (C=S) groups is 1. The van der Waals surface area contributed by atoms with Crippen molar-refractivity contribution in [2.24, 2.45) is 0 Å². The highest BCUT2D eigenvalue weighted by molar-refractivity contribution is 9.10. The number of benzene rings is 2. The van der Waals surface area contributed by atoms with E-state index in [-0.39, 0.29) is 17.9 Å². The van der Waals surface area contributed by atoms with Gasteiger partial charge in [-0.3, -0.25) is 14.5 Å². The molecule has 0 aliphatic carbocycles. The first kappa shape index (κ1) is 19.4. The number of amides is 2. The Morgan fingerprint density at radius 2 is 1.82 bits per heavy atom. The van der Waals surface area contributed by atoms with Gasteiger partial charge in [-0.1, -0.05) is 70.2 Å². The van der Waals surface area contributed by atoms with Crippen molar-refractivity contribution in [1.82, 2.24) is 4.90 Å². The van der Waals surface area contributed by atoms with Crippen LogP contribution >= 0.6 is 39.9 Å². The number of nitrogens with zero attached hydrogens (tertiary/aromatic N) is 2. The van der Waals surface area contributed by atoms with Gasteiger partial charge < -0.3 is 4.90 Å². The number of halogens is 1. The molecule has 2 amide bonds. The van der Waals surface area contributed by atoms with Crippen LogP contribution in [0.4, 0.5) is 5.69 Å². The molecular weight excluding hydrogens is 456 g/mol. The number of thioether (sulfide) groups is 1. The molecule has 4 nitrogen and oxygen atoms in total. The lowest BCUT2D eigenvalue weighted by atomic mass is 10.1. The third kappa shape index (κ3) is 3.02. The molecule has 2 aromatic carbocycles. The molecule has 0 N–H and O–H groups in total. The van der Waals surface area contributed by atoms with Gasteiger partial charge in [0.1, 0.15) is 4.32 Å². The minimum atomic E-state index is -0.210. The Morgan fingerprint density at radius 3 is 2.50 bits per heavy atom. The molecule has 0 bridgehead atoms. The summed E-state index contributed by atoms with van der Waals surface area (Å²) >= 11 is 10.2. The summed E-state index contributed by atoms with van der Waals surface area (Å²) in [6.07, 6.45) is 0. The monoisotopic (exact) mass is 472 g/mol. The van der Waals surface area contributed by atoms with Crippen LogP contribution in [0.25, 0.3) is 5.57 Å². The van der Waals surface area contributed by atoms with Gasteiger partial charge in [0.15, 0.2) is 0 Å². The van der Waals surface area contributed by atoms with Gasteiger partial charge in [-0.25, -0.2) is 0 Å². The van der Waals surface area contributed by atoms with E-state index in [9.17, 15) is 9.59 Å². The van der Waals surface area contributed by atoms with Crippen molar-refractivity contribution in [3.05, 3.63) is 69.0 Å². The number of anilines is 1. The van der Waals surface area contributed by atoms with E-state index in [4.69, 9.17) is 12.2 Å². The minimum Gasteiger partial charge on any atom is -0.308 e. The van der Waals surface area contributed by atoms with E-state index in [0.717, 1.165) is 21.3 Å². The molecule has 2 aliphatic heterocycles. The van der Waals surface area contributed by atoms with Crippen LogP contribution in [0.15, 0.2) is 57.9 Å². The summed E-state index contributed by atoms with van der Waals surface area (Å²) in [5.41, 5.74) is 3.04. The summed E-state index contributed by atoms with van der Waals surface area (Å²) in [4.78, 5) is 30.2. The van der Waals surface area contributed by atoms with E-state index in [1.807, 2.05) is 62.4 Å². The number of carbonyl (C=O) groups is 2. The molecule has 0 aromatic heterocycles. The average molecular weight is 473 g/mol. The molecule has 2 aliphatic rings. The number of likely N-dealkylation sites (N-methyl/N-ethyl adjacent to an activating group) is 1. The van der Waals surface area contributed by atoms with E-state index < -0.39 is 0 Å². The topological polar surface area (TPSA) is 40.6 Å². The fraction of sp³-hybridized carbons (Fsp3) is 0.190. The molecule has 142 valence electrons. The van der Waals surface area contributed by atoms with Crippen molar-refractivity contribution in [3.63, 3.8) is 0 Å². The Hall–Kier alpha value is -1.96. The van der Waals surface area contributed by atoms with Crippen LogP contribution in [-0.4, -0.2) is 27.6 Å². The maximum absolute atomic E-state index is 13.3. The van der Waals surface area contributed by atoms with Gasteiger partial charge in [0, 0.05) is 16.6 Å². The smallest absolute Gasteiger partial charge is 0.267 e. The SMILES string of the molecule is CCN1C(=O)C(=C2SC(=S)N(C(C)c3ccccc3)C2=O)c2cc(Br)ccc21. The van der Waals surface area contributed by atoms with Crippen LogP contribution in [0.5, 0.6) is 0 Å². The summed E-state index contributed by atoms with van der Waals surface area (Å²) in [6, 6.07) is 15.3. The Bertz CT molecular complexity index is 1040. The molecule has 1 atom stereocenters. The lowest BCUT2D eigenvalue weighted by Crippen LogP contribution is -2.31. The number of fused-ring (bicyclic) bond motifs is 1. The first-order valence-electron chi connectivity index (χ1n) is 8.90. The molecule has 1 saturated heterocycles. The summed E-state index contributed by atoms with van der Waals surface area (Å²) in [5.74, 6) is -0.359. The zero-order chi connectivity index (χ0) is 20.0. The lowest BCUT2D eigenvalue weighted by molar-refractivity contribution is -0.123. The molecule has 1 unspecified atom stereocenters. The van der Waals surface area contributed by atoms with Gasteiger partial charge >= 0.3 is 0 Å². The fourth-order valence-electron chi connectivity index (χ4n) is 3.58. The number of carbonyl (C=O) groups excluding carboxylic acids is 2. The van der Waals surface area contributed by atoms with Crippen LogP contribution in [0.1, 0.15) is 31.0 Å². The largest absolute Gasteiger partial charge is 0.308 e. The third-order valence-electron chi connectivity index (χ3n) is 4.99. The minimum absolute atomic E-state index is 0.150. The summed E-state index contributed by atoms with van der Waals surface area (Å²) < 4.78 is 1.34. The molecular formula is C21H17BrN2O2S2. The second kappa shape index (κ2) is 7.46. The van der Waals surface area contributed by atoms with Crippen molar-refractivity contribution in [3.8, 4) is 0 Å². The highest BCUT2D eigenvalue weighted by Crippen LogP contribution is 2.46. The Morgan fingerprint density at radius 1 is 1.11 bits per heavy atom. The Labute approximate surface area is 181 Å². The van der Waals surface area contributed by atoms with Crippen LogP contribution in [0.2, 0.25) is 0 Å². The first-order valence-corrected chi connectivity index (χ1v) is 10.9. The fourth-order valence-corrected chi connectivity index (χ4v) is 5.43. The molecule has 0 saturated carbocycles. The molecule has 28 heavy (non-hydrogen) atoms. The Balaban J connectivity index is 1.81. The van der Waals surface area contributed by atoms with Crippen LogP contribution in [-0.2, 0) is 9.59 Å². The van der Waals surface area contributed by atoms with Crippen molar-refractivity contribution in [2.75, 3.05) is 11.4 Å². The summed E-state index contributed by atoms with van der Waals surface area (Å²) in [6.45, 7) is 4.42. The predicted octanol–water partition coefficient (Wildman–Crippen LogP) is 5.15. The molecule has 7 heteroatoms. The molecule has 2 heterocycles. The van der Waals surface area contributed by atoms with E-state index >= 15 is 0 Å². The van der Waals surface area contributed by atoms with Crippen LogP contribution in [0.3, 0.4) is 0 Å². The highest BCUT2D eigenvalue weighted by atomic mass is 79.9. The van der Waals surface area contributed by atoms with Gasteiger partial charge in [0.2, 0.25) is 0 Å². The zero-order valence-corrected chi connectivity index (χ0v) is 18.5. The van der Waals surface area contributed by atoms with Crippen molar-refractivity contribution >= 4 is 67.3 Å². The van der Waals surface area contributed by atoms with E-state index in [2.05, 4.69) is 15.9 Å². The van der Waals surface area contributed by atoms with Crippen molar-refractivity contribution in [2.45, 2.75) is 19.9 Å². The molecule has 0 spiro atoms. The van der Waals surface area contributed by atoms with Gasteiger partial charge in [0.25, 0.3) is 11.8 Å². The van der Waals surface area contributed by atoms with Crippen LogP contribution in [0, 0.1) is 0 Å². The Kier molecular flexibility index (Phi) is 5.16. The van der Waals surface area contributed by atoms with E-state index in [0.29, 0.717) is 21.3 Å². The first-order chi connectivity index (χ1) is 13.4. The average Bonchev–Trinajstić information content (AvgIpc) is 3.13. The van der Waals surface area contributed by atoms with Gasteiger partial charge in [-0.05, 0) is 37.6 Å². The second-order valence-electron chi connectivity index (χ2n) is 6.54. The number of hydrogen-bond acceptors (Lipinski definition) is 4. The lowest BCUT2D eigenvalue weighted by Gasteiger charge is -2.23. The highest BCUT2D eigenvalue weighted by Gasteiger charge is 2.43. The molecule has 2 aromatic rings. The van der Waals surface area contributed by atoms with Crippen molar-refractivity contribution < 1.29 is 9.59 Å².